The van der Waals surface area contributed by atoms with Crippen molar-refractivity contribution in [1.82, 2.24) is 9.97 Å². The number of H-pyrrole nitrogens is 1. The van der Waals surface area contributed by atoms with Crippen molar-refractivity contribution in [2.45, 2.75) is 17.0 Å². The van der Waals surface area contributed by atoms with Gasteiger partial charge in [0, 0.05) is 0 Å². The van der Waals surface area contributed by atoms with E-state index in [0.29, 0.717) is 5.69 Å². The van der Waals surface area contributed by atoms with Gasteiger partial charge in [-0.25, -0.2) is 13.4 Å². The molecule has 0 saturated heterocycles. The first-order chi connectivity index (χ1) is 10.5. The zero-order valence-corrected chi connectivity index (χ0v) is 13.8. The molecule has 114 valence electrons. The molecule has 0 bridgehead atoms. The molecule has 0 aliphatic rings. The van der Waals surface area contributed by atoms with Crippen LogP contribution in [0.1, 0.15) is 5.56 Å². The van der Waals surface area contributed by atoms with Gasteiger partial charge in [0.05, 0.1) is 21.6 Å². The van der Waals surface area contributed by atoms with Crippen molar-refractivity contribution in [1.29, 1.82) is 0 Å². The number of imidazole rings is 1. The van der Waals surface area contributed by atoms with Crippen molar-refractivity contribution >= 4 is 38.5 Å². The van der Waals surface area contributed by atoms with Gasteiger partial charge < -0.3 is 4.98 Å². The predicted molar refractivity (Wildman–Crippen MR) is 89.9 cm³/mol. The Hall–Kier alpha value is -1.99. The lowest BCUT2D eigenvalue weighted by atomic mass is 10.2. The smallest absolute Gasteiger partial charge is 0.261 e. The number of sulfonamides is 1. The number of rotatable bonds is 4. The number of thioether (sulfide) groups is 1. The van der Waals surface area contributed by atoms with Crippen LogP contribution in [0.3, 0.4) is 0 Å². The molecule has 0 radical (unpaired) electrons. The summed E-state index contributed by atoms with van der Waals surface area (Å²) >= 11 is 1.51. The zero-order valence-electron chi connectivity index (χ0n) is 12.1. The van der Waals surface area contributed by atoms with Gasteiger partial charge in [-0.15, -0.1) is 0 Å². The second-order valence-corrected chi connectivity index (χ2v) is 7.37. The van der Waals surface area contributed by atoms with Crippen LogP contribution in [0.4, 0.5) is 5.69 Å². The lowest BCUT2D eigenvalue weighted by Crippen LogP contribution is -2.12. The van der Waals surface area contributed by atoms with E-state index in [9.17, 15) is 8.42 Å². The van der Waals surface area contributed by atoms with E-state index in [4.69, 9.17) is 0 Å². The van der Waals surface area contributed by atoms with E-state index >= 15 is 0 Å². The molecule has 0 amide bonds. The minimum absolute atomic E-state index is 0.241. The number of aromatic amines is 1. The highest BCUT2D eigenvalue weighted by molar-refractivity contribution is 7.98. The average Bonchev–Trinajstić information content (AvgIpc) is 2.89. The molecule has 0 aliphatic heterocycles. The van der Waals surface area contributed by atoms with Gasteiger partial charge in [-0.1, -0.05) is 29.5 Å². The highest BCUT2D eigenvalue weighted by atomic mass is 32.2. The molecule has 1 aromatic heterocycles. The Labute approximate surface area is 133 Å². The number of aryl methyl sites for hydroxylation is 1. The summed E-state index contributed by atoms with van der Waals surface area (Å²) in [6.45, 7) is 1.92. The maximum Gasteiger partial charge on any atom is 0.261 e. The largest absolute Gasteiger partial charge is 0.333 e. The third-order valence-corrected chi connectivity index (χ3v) is 5.22. The van der Waals surface area contributed by atoms with Crippen LogP contribution in [0.25, 0.3) is 11.0 Å². The second-order valence-electron chi connectivity index (χ2n) is 4.90. The molecule has 3 rings (SSSR count). The maximum absolute atomic E-state index is 12.4. The van der Waals surface area contributed by atoms with Crippen molar-refractivity contribution in [3.05, 3.63) is 48.0 Å². The minimum Gasteiger partial charge on any atom is -0.333 e. The molecular weight excluding hydrogens is 318 g/mol. The molecule has 5 nitrogen and oxygen atoms in total. The molecule has 0 aliphatic carbocycles. The van der Waals surface area contributed by atoms with E-state index < -0.39 is 10.0 Å². The molecule has 0 unspecified atom stereocenters. The third kappa shape index (κ3) is 2.95. The highest BCUT2D eigenvalue weighted by Crippen LogP contribution is 2.23. The van der Waals surface area contributed by atoms with Crippen LogP contribution < -0.4 is 4.72 Å². The first kappa shape index (κ1) is 14.9. The van der Waals surface area contributed by atoms with E-state index in [1.165, 1.54) is 11.8 Å². The Morgan fingerprint density at radius 1 is 1.14 bits per heavy atom. The first-order valence-corrected chi connectivity index (χ1v) is 9.32. The van der Waals surface area contributed by atoms with Crippen molar-refractivity contribution in [3.8, 4) is 0 Å². The number of hydrogen-bond acceptors (Lipinski definition) is 4. The molecule has 7 heteroatoms. The Morgan fingerprint density at radius 2 is 1.86 bits per heavy atom. The van der Waals surface area contributed by atoms with E-state index in [1.54, 1.807) is 36.4 Å². The first-order valence-electron chi connectivity index (χ1n) is 6.61. The third-order valence-electron chi connectivity index (χ3n) is 3.24. The summed E-state index contributed by atoms with van der Waals surface area (Å²) < 4.78 is 27.3. The molecule has 2 aromatic carbocycles. The van der Waals surface area contributed by atoms with Crippen molar-refractivity contribution < 1.29 is 8.42 Å². The minimum atomic E-state index is -3.59. The van der Waals surface area contributed by atoms with Crippen LogP contribution >= 0.6 is 11.8 Å². The fraction of sp³-hybridized carbons (Fsp3) is 0.133. The summed E-state index contributed by atoms with van der Waals surface area (Å²) in [7, 11) is -3.59. The van der Waals surface area contributed by atoms with Crippen molar-refractivity contribution in [3.63, 3.8) is 0 Å². The molecule has 0 spiro atoms. The topological polar surface area (TPSA) is 74.8 Å². The quantitative estimate of drug-likeness (QED) is 0.718. The number of aromatic nitrogens is 2. The normalized spacial score (nSPS) is 11.7. The van der Waals surface area contributed by atoms with Gasteiger partial charge in [-0.2, -0.15) is 0 Å². The fourth-order valence-corrected chi connectivity index (χ4v) is 3.53. The van der Waals surface area contributed by atoms with E-state index in [0.717, 1.165) is 21.8 Å². The monoisotopic (exact) mass is 333 g/mol. The molecule has 22 heavy (non-hydrogen) atoms. The van der Waals surface area contributed by atoms with Gasteiger partial charge in [0.1, 0.15) is 0 Å². The summed E-state index contributed by atoms with van der Waals surface area (Å²) in [5.41, 5.74) is 3.12. The number of benzene rings is 2. The molecule has 0 saturated carbocycles. The Bertz CT molecular complexity index is 916. The number of nitrogens with zero attached hydrogens (tertiary/aromatic N) is 1. The van der Waals surface area contributed by atoms with Gasteiger partial charge in [0.25, 0.3) is 10.0 Å². The van der Waals surface area contributed by atoms with E-state index in [2.05, 4.69) is 14.7 Å². The van der Waals surface area contributed by atoms with E-state index in [1.807, 2.05) is 19.2 Å². The number of anilines is 1. The van der Waals surface area contributed by atoms with Crippen LogP contribution in [-0.4, -0.2) is 24.6 Å². The Morgan fingerprint density at radius 3 is 2.55 bits per heavy atom. The molecular formula is C15H15N3O2S2. The van der Waals surface area contributed by atoms with Crippen molar-refractivity contribution in [2.75, 3.05) is 11.0 Å². The van der Waals surface area contributed by atoms with Gasteiger partial charge in [-0.05, 0) is 43.5 Å². The van der Waals surface area contributed by atoms with Gasteiger partial charge in [-0.3, -0.25) is 4.72 Å². The zero-order chi connectivity index (χ0) is 15.7. The second kappa shape index (κ2) is 5.66. The Balaban J connectivity index is 1.92. The van der Waals surface area contributed by atoms with Crippen LogP contribution in [0, 0.1) is 6.92 Å². The summed E-state index contributed by atoms with van der Waals surface area (Å²) in [5.74, 6) is 0. The SMILES string of the molecule is CSc1nc2cc(NS(=O)(=O)c3ccc(C)cc3)ccc2[nH]1. The fourth-order valence-electron chi connectivity index (χ4n) is 2.07. The lowest BCUT2D eigenvalue weighted by Gasteiger charge is -2.08. The molecule has 1 heterocycles. The molecule has 3 aromatic rings. The van der Waals surface area contributed by atoms with Gasteiger partial charge >= 0.3 is 0 Å². The Kier molecular flexibility index (Phi) is 3.84. The maximum atomic E-state index is 12.4. The van der Waals surface area contributed by atoms with Crippen LogP contribution in [0.15, 0.2) is 52.5 Å². The number of nitrogens with one attached hydrogen (secondary N) is 2. The lowest BCUT2D eigenvalue weighted by molar-refractivity contribution is 0.601. The average molecular weight is 333 g/mol. The summed E-state index contributed by atoms with van der Waals surface area (Å²) in [6, 6.07) is 12.0. The van der Waals surface area contributed by atoms with Crippen LogP contribution in [0.5, 0.6) is 0 Å². The summed E-state index contributed by atoms with van der Waals surface area (Å²) in [6.07, 6.45) is 1.93. The van der Waals surface area contributed by atoms with Crippen molar-refractivity contribution in [2.24, 2.45) is 0 Å². The molecule has 2 N–H and O–H groups in total. The van der Waals surface area contributed by atoms with Gasteiger partial charge in [0.15, 0.2) is 5.16 Å². The highest BCUT2D eigenvalue weighted by Gasteiger charge is 2.14. The number of fused-ring (bicyclic) bond motifs is 1. The predicted octanol–water partition coefficient (Wildman–Crippen LogP) is 3.39. The summed E-state index contributed by atoms with van der Waals surface area (Å²) in [5, 5.41) is 0.800. The van der Waals surface area contributed by atoms with Crippen LogP contribution in [0.2, 0.25) is 0 Å². The standard InChI is InChI=1S/C15H15N3O2S2/c1-10-3-6-12(7-4-10)22(19,20)18-11-5-8-13-14(9-11)17-15(16-13)21-2/h3-9,18H,1-2H3,(H,16,17). The van der Waals surface area contributed by atoms with E-state index in [-0.39, 0.29) is 4.90 Å². The number of hydrogen-bond donors (Lipinski definition) is 2. The van der Waals surface area contributed by atoms with Crippen LogP contribution in [-0.2, 0) is 10.0 Å². The van der Waals surface area contributed by atoms with Gasteiger partial charge in [0.2, 0.25) is 0 Å². The molecule has 0 atom stereocenters. The summed E-state index contributed by atoms with van der Waals surface area (Å²) in [4.78, 5) is 7.77. The molecule has 0 fully saturated rings.